The smallest absolute Gasteiger partial charge is 0.245 e. The van der Waals surface area contributed by atoms with Crippen LogP contribution in [0, 0.1) is 0 Å². The van der Waals surface area contributed by atoms with Gasteiger partial charge in [-0.25, -0.2) is 13.9 Å². The molecule has 9 heteroatoms. The molecule has 1 heterocycles. The summed E-state index contributed by atoms with van der Waals surface area (Å²) < 4.78 is 31.7. The van der Waals surface area contributed by atoms with Gasteiger partial charge in [-0.05, 0) is 38.1 Å². The van der Waals surface area contributed by atoms with Gasteiger partial charge in [-0.2, -0.15) is 4.31 Å². The second-order valence-electron chi connectivity index (χ2n) is 5.70. The molecule has 1 atom stereocenters. The van der Waals surface area contributed by atoms with Crippen molar-refractivity contribution in [2.75, 3.05) is 13.0 Å². The van der Waals surface area contributed by atoms with E-state index in [0.29, 0.717) is 5.75 Å². The number of ether oxygens (including phenoxy) is 1. The van der Waals surface area contributed by atoms with E-state index in [1.54, 1.807) is 17.6 Å². The first-order chi connectivity index (χ1) is 10.7. The maximum atomic E-state index is 12.9. The van der Waals surface area contributed by atoms with Crippen LogP contribution in [0.2, 0.25) is 0 Å². The van der Waals surface area contributed by atoms with Gasteiger partial charge in [-0.15, -0.1) is 11.8 Å². The van der Waals surface area contributed by atoms with E-state index in [4.69, 9.17) is 9.94 Å². The second kappa shape index (κ2) is 6.68. The fourth-order valence-corrected chi connectivity index (χ4v) is 5.70. The quantitative estimate of drug-likeness (QED) is 0.609. The van der Waals surface area contributed by atoms with Gasteiger partial charge >= 0.3 is 0 Å². The highest BCUT2D eigenvalue weighted by molar-refractivity contribution is 8.02. The topological polar surface area (TPSA) is 95.9 Å². The van der Waals surface area contributed by atoms with E-state index in [1.165, 1.54) is 35.3 Å². The lowest BCUT2D eigenvalue weighted by atomic mass is 10.00. The summed E-state index contributed by atoms with van der Waals surface area (Å²) in [5, 5.41) is 8.74. The molecule has 0 aliphatic carbocycles. The maximum Gasteiger partial charge on any atom is 0.245 e. The van der Waals surface area contributed by atoms with Crippen molar-refractivity contribution in [3.63, 3.8) is 0 Å². The summed E-state index contributed by atoms with van der Waals surface area (Å²) in [4.78, 5) is 11.7. The van der Waals surface area contributed by atoms with Crippen LogP contribution in [0.3, 0.4) is 0 Å². The number of thioether (sulfide) groups is 1. The largest absolute Gasteiger partial charge is 0.497 e. The average Bonchev–Trinajstić information content (AvgIpc) is 2.82. The number of hydrogen-bond donors (Lipinski definition) is 2. The summed E-state index contributed by atoms with van der Waals surface area (Å²) in [6.07, 6.45) is -0.105. The highest BCUT2D eigenvalue weighted by Crippen LogP contribution is 2.43. The van der Waals surface area contributed by atoms with Gasteiger partial charge in [0.25, 0.3) is 0 Å². The Kier molecular flexibility index (Phi) is 5.24. The molecule has 1 saturated heterocycles. The Morgan fingerprint density at radius 3 is 2.57 bits per heavy atom. The van der Waals surface area contributed by atoms with E-state index in [9.17, 15) is 13.2 Å². The Morgan fingerprint density at radius 1 is 1.43 bits per heavy atom. The van der Waals surface area contributed by atoms with Gasteiger partial charge in [0.2, 0.25) is 15.9 Å². The fraction of sp³-hybridized carbons (Fsp3) is 0.500. The summed E-state index contributed by atoms with van der Waals surface area (Å²) >= 11 is 1.46. The van der Waals surface area contributed by atoms with Crippen molar-refractivity contribution in [3.8, 4) is 5.75 Å². The predicted molar refractivity (Wildman–Crippen MR) is 86.9 cm³/mol. The number of benzene rings is 1. The Bertz CT molecular complexity index is 673. The molecule has 2 N–H and O–H groups in total. The molecular formula is C14H20N2O5S2. The molecule has 0 bridgehead atoms. The van der Waals surface area contributed by atoms with Gasteiger partial charge < -0.3 is 4.74 Å². The Labute approximate surface area is 140 Å². The minimum atomic E-state index is -3.74. The summed E-state index contributed by atoms with van der Waals surface area (Å²) in [6, 6.07) is 5.57. The van der Waals surface area contributed by atoms with Crippen molar-refractivity contribution in [1.82, 2.24) is 9.79 Å². The zero-order valence-corrected chi connectivity index (χ0v) is 14.8. The number of hydrogen-bond acceptors (Lipinski definition) is 6. The van der Waals surface area contributed by atoms with Crippen molar-refractivity contribution in [1.29, 1.82) is 0 Å². The van der Waals surface area contributed by atoms with Crippen molar-refractivity contribution >= 4 is 27.7 Å². The van der Waals surface area contributed by atoms with Gasteiger partial charge in [-0.3, -0.25) is 10.0 Å². The summed E-state index contributed by atoms with van der Waals surface area (Å²) in [5.74, 6) is 0.210. The molecule has 1 fully saturated rings. The molecule has 23 heavy (non-hydrogen) atoms. The lowest BCUT2D eigenvalue weighted by Crippen LogP contribution is -2.46. The number of sulfonamides is 1. The SMILES string of the molecule is COc1ccc(S(=O)(=O)N2CSC(C)(C)[C@@H]2CC(=O)NO)cc1. The normalized spacial score (nSPS) is 21.1. The summed E-state index contributed by atoms with van der Waals surface area (Å²) in [5.41, 5.74) is 1.57. The first-order valence-corrected chi connectivity index (χ1v) is 9.37. The van der Waals surface area contributed by atoms with E-state index < -0.39 is 26.7 Å². The zero-order chi connectivity index (χ0) is 17.3. The number of methoxy groups -OCH3 is 1. The van der Waals surface area contributed by atoms with Crippen LogP contribution in [-0.4, -0.2) is 47.6 Å². The predicted octanol–water partition coefficient (Wildman–Crippen LogP) is 1.43. The van der Waals surface area contributed by atoms with Gasteiger partial charge in [0.05, 0.1) is 17.9 Å². The molecule has 7 nitrogen and oxygen atoms in total. The lowest BCUT2D eigenvalue weighted by molar-refractivity contribution is -0.130. The highest BCUT2D eigenvalue weighted by Gasteiger charge is 2.47. The molecular weight excluding hydrogens is 340 g/mol. The Morgan fingerprint density at radius 2 is 2.04 bits per heavy atom. The number of nitrogens with one attached hydrogen (secondary N) is 1. The van der Waals surface area contributed by atoms with Crippen LogP contribution in [0.25, 0.3) is 0 Å². The fourth-order valence-electron chi connectivity index (χ4n) is 2.45. The molecule has 128 valence electrons. The molecule has 0 radical (unpaired) electrons. The number of nitrogens with zero attached hydrogens (tertiary/aromatic N) is 1. The average molecular weight is 360 g/mol. The minimum absolute atomic E-state index is 0.105. The maximum absolute atomic E-state index is 12.9. The summed E-state index contributed by atoms with van der Waals surface area (Å²) in [7, 11) is -2.24. The number of carbonyl (C=O) groups excluding carboxylic acids is 1. The molecule has 0 unspecified atom stereocenters. The van der Waals surface area contributed by atoms with Gasteiger partial charge in [0.15, 0.2) is 0 Å². The van der Waals surface area contributed by atoms with Crippen LogP contribution in [0.15, 0.2) is 29.2 Å². The first-order valence-electron chi connectivity index (χ1n) is 6.95. The molecule has 0 spiro atoms. The van der Waals surface area contributed by atoms with Crippen molar-refractivity contribution in [2.24, 2.45) is 0 Å². The van der Waals surface area contributed by atoms with Crippen LogP contribution in [-0.2, 0) is 14.8 Å². The van der Waals surface area contributed by atoms with Crippen LogP contribution in [0.5, 0.6) is 5.75 Å². The van der Waals surface area contributed by atoms with Gasteiger partial charge in [0.1, 0.15) is 5.75 Å². The number of rotatable bonds is 5. The first kappa shape index (κ1) is 18.1. The molecule has 1 aliphatic rings. The number of carbonyl (C=O) groups is 1. The molecule has 1 aliphatic heterocycles. The highest BCUT2D eigenvalue weighted by atomic mass is 32.2. The third-order valence-electron chi connectivity index (χ3n) is 3.88. The van der Waals surface area contributed by atoms with Crippen molar-refractivity contribution in [2.45, 2.75) is 36.0 Å². The standard InChI is InChI=1S/C14H20N2O5S2/c1-14(2)12(8-13(17)15-18)16(9-22-14)23(19,20)11-6-4-10(21-3)5-7-11/h4-7,12,18H,8-9H2,1-3H3,(H,15,17)/t12-/m0/s1. The van der Waals surface area contributed by atoms with E-state index >= 15 is 0 Å². The number of amides is 1. The second-order valence-corrected chi connectivity index (χ2v) is 9.19. The van der Waals surface area contributed by atoms with E-state index in [1.807, 2.05) is 13.8 Å². The van der Waals surface area contributed by atoms with Crippen LogP contribution < -0.4 is 10.2 Å². The van der Waals surface area contributed by atoms with Crippen LogP contribution >= 0.6 is 11.8 Å². The lowest BCUT2D eigenvalue weighted by Gasteiger charge is -2.30. The van der Waals surface area contributed by atoms with Gasteiger partial charge in [-0.1, -0.05) is 0 Å². The van der Waals surface area contributed by atoms with E-state index in [-0.39, 0.29) is 17.2 Å². The Balaban J connectivity index is 2.34. The van der Waals surface area contributed by atoms with Crippen molar-refractivity contribution < 1.29 is 23.2 Å². The Hall–Kier alpha value is -1.29. The molecule has 0 aromatic heterocycles. The van der Waals surface area contributed by atoms with Crippen LogP contribution in [0.4, 0.5) is 0 Å². The molecule has 0 saturated carbocycles. The minimum Gasteiger partial charge on any atom is -0.497 e. The third-order valence-corrected chi connectivity index (χ3v) is 7.34. The molecule has 1 aromatic carbocycles. The zero-order valence-electron chi connectivity index (χ0n) is 13.1. The third kappa shape index (κ3) is 3.63. The number of hydroxylamine groups is 1. The van der Waals surface area contributed by atoms with E-state index in [0.717, 1.165) is 0 Å². The molecule has 1 aromatic rings. The molecule has 1 amide bonds. The summed E-state index contributed by atoms with van der Waals surface area (Å²) in [6.45, 7) is 3.77. The molecule has 2 rings (SSSR count). The van der Waals surface area contributed by atoms with Gasteiger partial charge in [0, 0.05) is 17.2 Å². The monoisotopic (exact) mass is 360 g/mol. The van der Waals surface area contributed by atoms with Crippen LogP contribution in [0.1, 0.15) is 20.3 Å². The van der Waals surface area contributed by atoms with E-state index in [2.05, 4.69) is 0 Å². The van der Waals surface area contributed by atoms with Crippen molar-refractivity contribution in [3.05, 3.63) is 24.3 Å².